The first-order valence-electron chi connectivity index (χ1n) is 8.05. The van der Waals surface area contributed by atoms with Crippen molar-refractivity contribution in [3.8, 4) is 0 Å². The van der Waals surface area contributed by atoms with E-state index in [0.717, 1.165) is 23.1 Å². The zero-order valence-corrected chi connectivity index (χ0v) is 14.5. The standard InChI is InChI=1S/C18H25BrN2/c1-2-3-4-5-6-7-12-20-14-15-10-11-17(19)16-9-8-13-21-18(15)16/h8-11,13,20H,2-7,12,14H2,1H3. The van der Waals surface area contributed by atoms with Crippen LogP contribution in [0.5, 0.6) is 0 Å². The fourth-order valence-corrected chi connectivity index (χ4v) is 3.04. The summed E-state index contributed by atoms with van der Waals surface area (Å²) in [6, 6.07) is 8.38. The van der Waals surface area contributed by atoms with Crippen LogP contribution in [0.25, 0.3) is 10.9 Å². The molecule has 2 aromatic rings. The molecule has 0 aliphatic carbocycles. The molecule has 1 N–H and O–H groups in total. The van der Waals surface area contributed by atoms with Gasteiger partial charge in [0.1, 0.15) is 0 Å². The number of nitrogens with zero attached hydrogens (tertiary/aromatic N) is 1. The van der Waals surface area contributed by atoms with Gasteiger partial charge in [-0.1, -0.05) is 67.1 Å². The van der Waals surface area contributed by atoms with E-state index in [0.29, 0.717) is 0 Å². The van der Waals surface area contributed by atoms with Crippen LogP contribution in [0, 0.1) is 0 Å². The van der Waals surface area contributed by atoms with Crippen LogP contribution < -0.4 is 5.32 Å². The molecule has 0 aliphatic rings. The summed E-state index contributed by atoms with van der Waals surface area (Å²) in [6.45, 7) is 4.25. The van der Waals surface area contributed by atoms with E-state index < -0.39 is 0 Å². The first kappa shape index (κ1) is 16.4. The lowest BCUT2D eigenvalue weighted by Crippen LogP contribution is -2.15. The van der Waals surface area contributed by atoms with E-state index in [-0.39, 0.29) is 0 Å². The molecule has 0 saturated carbocycles. The minimum absolute atomic E-state index is 0.899. The molecule has 2 nitrogen and oxygen atoms in total. The summed E-state index contributed by atoms with van der Waals surface area (Å²) in [4.78, 5) is 4.52. The summed E-state index contributed by atoms with van der Waals surface area (Å²) in [5.74, 6) is 0. The van der Waals surface area contributed by atoms with Crippen molar-refractivity contribution in [2.75, 3.05) is 6.54 Å². The number of pyridine rings is 1. The maximum atomic E-state index is 4.52. The molecule has 0 spiro atoms. The molecule has 3 heteroatoms. The average molecular weight is 349 g/mol. The predicted octanol–water partition coefficient (Wildman–Crippen LogP) is 5.45. The predicted molar refractivity (Wildman–Crippen MR) is 94.5 cm³/mol. The van der Waals surface area contributed by atoms with Crippen molar-refractivity contribution < 1.29 is 0 Å². The maximum Gasteiger partial charge on any atom is 0.0758 e. The Morgan fingerprint density at radius 3 is 2.71 bits per heavy atom. The van der Waals surface area contributed by atoms with E-state index in [9.17, 15) is 0 Å². The zero-order chi connectivity index (χ0) is 14.9. The molecular weight excluding hydrogens is 324 g/mol. The fraction of sp³-hybridized carbons (Fsp3) is 0.500. The van der Waals surface area contributed by atoms with Crippen LogP contribution in [0.2, 0.25) is 0 Å². The highest BCUT2D eigenvalue weighted by molar-refractivity contribution is 9.10. The Balaban J connectivity index is 1.78. The number of hydrogen-bond donors (Lipinski definition) is 1. The summed E-state index contributed by atoms with van der Waals surface area (Å²) in [5.41, 5.74) is 2.38. The number of rotatable bonds is 9. The van der Waals surface area contributed by atoms with Gasteiger partial charge in [0, 0.05) is 22.6 Å². The smallest absolute Gasteiger partial charge is 0.0758 e. The molecule has 1 heterocycles. The van der Waals surface area contributed by atoms with Crippen molar-refractivity contribution in [2.24, 2.45) is 0 Å². The van der Waals surface area contributed by atoms with Crippen LogP contribution in [0.15, 0.2) is 34.9 Å². The van der Waals surface area contributed by atoms with E-state index in [2.05, 4.69) is 51.4 Å². The Morgan fingerprint density at radius 1 is 1.05 bits per heavy atom. The Kier molecular flexibility index (Phi) is 7.17. The molecule has 0 atom stereocenters. The van der Waals surface area contributed by atoms with E-state index in [1.165, 1.54) is 49.5 Å². The Hall–Kier alpha value is -0.930. The monoisotopic (exact) mass is 348 g/mol. The Labute approximate surface area is 136 Å². The van der Waals surface area contributed by atoms with Crippen LogP contribution in [0.3, 0.4) is 0 Å². The largest absolute Gasteiger partial charge is 0.313 e. The lowest BCUT2D eigenvalue weighted by atomic mass is 10.1. The van der Waals surface area contributed by atoms with Crippen molar-refractivity contribution in [1.29, 1.82) is 0 Å². The number of aromatic nitrogens is 1. The van der Waals surface area contributed by atoms with Crippen LogP contribution in [-0.4, -0.2) is 11.5 Å². The van der Waals surface area contributed by atoms with Gasteiger partial charge in [0.15, 0.2) is 0 Å². The molecule has 0 amide bonds. The van der Waals surface area contributed by atoms with Crippen molar-refractivity contribution in [3.63, 3.8) is 0 Å². The molecule has 0 unspecified atom stereocenters. The van der Waals surface area contributed by atoms with Crippen LogP contribution in [0.4, 0.5) is 0 Å². The summed E-state index contributed by atoms with van der Waals surface area (Å²) in [7, 11) is 0. The highest BCUT2D eigenvalue weighted by atomic mass is 79.9. The zero-order valence-electron chi connectivity index (χ0n) is 12.9. The molecule has 0 saturated heterocycles. The van der Waals surface area contributed by atoms with Crippen molar-refractivity contribution in [3.05, 3.63) is 40.5 Å². The second kappa shape index (κ2) is 9.16. The van der Waals surface area contributed by atoms with Crippen LogP contribution in [0.1, 0.15) is 51.0 Å². The number of halogens is 1. The highest BCUT2D eigenvalue weighted by Gasteiger charge is 2.04. The SMILES string of the molecule is CCCCCCCCNCc1ccc(Br)c2cccnc12. The van der Waals surface area contributed by atoms with Gasteiger partial charge < -0.3 is 5.32 Å². The minimum Gasteiger partial charge on any atom is -0.313 e. The molecule has 21 heavy (non-hydrogen) atoms. The number of fused-ring (bicyclic) bond motifs is 1. The van der Waals surface area contributed by atoms with Crippen molar-refractivity contribution in [2.45, 2.75) is 52.0 Å². The van der Waals surface area contributed by atoms with Gasteiger partial charge in [-0.15, -0.1) is 0 Å². The Morgan fingerprint density at radius 2 is 1.86 bits per heavy atom. The second-order valence-electron chi connectivity index (χ2n) is 5.55. The molecule has 2 rings (SSSR count). The van der Waals surface area contributed by atoms with Gasteiger partial charge in [0.25, 0.3) is 0 Å². The third-order valence-corrected chi connectivity index (χ3v) is 4.51. The lowest BCUT2D eigenvalue weighted by Gasteiger charge is -2.09. The molecular formula is C18H25BrN2. The number of hydrogen-bond acceptors (Lipinski definition) is 2. The number of benzene rings is 1. The van der Waals surface area contributed by atoms with Crippen LogP contribution in [-0.2, 0) is 6.54 Å². The van der Waals surface area contributed by atoms with Gasteiger partial charge in [-0.25, -0.2) is 0 Å². The van der Waals surface area contributed by atoms with Crippen molar-refractivity contribution in [1.82, 2.24) is 10.3 Å². The average Bonchev–Trinajstić information content (AvgIpc) is 2.52. The topological polar surface area (TPSA) is 24.9 Å². The van der Waals surface area contributed by atoms with E-state index in [4.69, 9.17) is 0 Å². The number of unbranched alkanes of at least 4 members (excludes halogenated alkanes) is 5. The fourth-order valence-electron chi connectivity index (χ4n) is 2.59. The van der Waals surface area contributed by atoms with Gasteiger partial charge in [-0.3, -0.25) is 4.98 Å². The second-order valence-corrected chi connectivity index (χ2v) is 6.40. The third kappa shape index (κ3) is 5.08. The molecule has 1 aromatic carbocycles. The van der Waals surface area contributed by atoms with Crippen LogP contribution >= 0.6 is 15.9 Å². The van der Waals surface area contributed by atoms with Gasteiger partial charge >= 0.3 is 0 Å². The first-order chi connectivity index (χ1) is 10.3. The summed E-state index contributed by atoms with van der Waals surface area (Å²) >= 11 is 3.59. The molecule has 0 aliphatic heterocycles. The number of nitrogens with one attached hydrogen (secondary N) is 1. The van der Waals surface area contributed by atoms with E-state index in [1.54, 1.807) is 0 Å². The quantitative estimate of drug-likeness (QED) is 0.609. The molecule has 0 bridgehead atoms. The van der Waals surface area contributed by atoms with E-state index >= 15 is 0 Å². The van der Waals surface area contributed by atoms with Gasteiger partial charge in [-0.2, -0.15) is 0 Å². The molecule has 0 radical (unpaired) electrons. The highest BCUT2D eigenvalue weighted by Crippen LogP contribution is 2.25. The third-order valence-electron chi connectivity index (χ3n) is 3.82. The normalized spacial score (nSPS) is 11.1. The van der Waals surface area contributed by atoms with Gasteiger partial charge in [0.2, 0.25) is 0 Å². The Bertz CT molecular complexity index is 554. The first-order valence-corrected chi connectivity index (χ1v) is 8.85. The molecule has 1 aromatic heterocycles. The van der Waals surface area contributed by atoms with Gasteiger partial charge in [0.05, 0.1) is 5.52 Å². The maximum absolute atomic E-state index is 4.52. The minimum atomic E-state index is 0.899. The summed E-state index contributed by atoms with van der Waals surface area (Å²) in [6.07, 6.45) is 9.94. The summed E-state index contributed by atoms with van der Waals surface area (Å²) < 4.78 is 1.12. The lowest BCUT2D eigenvalue weighted by molar-refractivity contribution is 0.572. The molecule has 0 fully saturated rings. The molecule has 114 valence electrons. The van der Waals surface area contributed by atoms with Gasteiger partial charge in [-0.05, 0) is 30.7 Å². The van der Waals surface area contributed by atoms with Crippen molar-refractivity contribution >= 4 is 26.8 Å². The van der Waals surface area contributed by atoms with E-state index in [1.807, 2.05) is 12.3 Å². The summed E-state index contributed by atoms with van der Waals surface area (Å²) in [5, 5.41) is 4.74.